The Hall–Kier alpha value is -1.32. The highest BCUT2D eigenvalue weighted by molar-refractivity contribution is 5.44. The molecule has 0 aliphatic heterocycles. The minimum Gasteiger partial charge on any atom is -0.384 e. The maximum Gasteiger partial charge on any atom is 0.132 e. The van der Waals surface area contributed by atoms with Crippen LogP contribution in [-0.4, -0.2) is 16.5 Å². The van der Waals surface area contributed by atoms with Crippen molar-refractivity contribution in [1.29, 1.82) is 0 Å². The molecule has 2 rings (SSSR count). The van der Waals surface area contributed by atoms with Gasteiger partial charge in [-0.15, -0.1) is 0 Å². The fourth-order valence-electron chi connectivity index (χ4n) is 2.65. The highest BCUT2D eigenvalue weighted by Gasteiger charge is 2.12. The molecule has 0 saturated heterocycles. The maximum absolute atomic E-state index is 5.76. The third kappa shape index (κ3) is 3.86. The Morgan fingerprint density at radius 2 is 2.06 bits per heavy atom. The highest BCUT2D eigenvalue weighted by Crippen LogP contribution is 2.26. The topological polar surface area (TPSA) is 63.8 Å². The van der Waals surface area contributed by atoms with E-state index in [0.29, 0.717) is 5.82 Å². The second-order valence-corrected chi connectivity index (χ2v) is 5.17. The fourth-order valence-corrected chi connectivity index (χ4v) is 2.65. The van der Waals surface area contributed by atoms with Gasteiger partial charge in [0.25, 0.3) is 0 Å². The number of nitrogens with zero attached hydrogens (tertiary/aromatic N) is 2. The van der Waals surface area contributed by atoms with Gasteiger partial charge in [0.2, 0.25) is 0 Å². The average molecular weight is 248 g/mol. The molecule has 0 radical (unpaired) electrons. The van der Waals surface area contributed by atoms with Crippen LogP contribution in [0.4, 0.5) is 11.6 Å². The number of aryl methyl sites for hydroxylation is 1. The molecule has 0 atom stereocenters. The van der Waals surface area contributed by atoms with Gasteiger partial charge in [-0.1, -0.05) is 39.0 Å². The van der Waals surface area contributed by atoms with Crippen LogP contribution in [0.15, 0.2) is 6.07 Å². The van der Waals surface area contributed by atoms with Crippen LogP contribution in [0.25, 0.3) is 0 Å². The molecule has 0 spiro atoms. The van der Waals surface area contributed by atoms with Crippen molar-refractivity contribution in [2.45, 2.75) is 51.9 Å². The smallest absolute Gasteiger partial charge is 0.132 e. The molecule has 0 aromatic carbocycles. The summed E-state index contributed by atoms with van der Waals surface area (Å²) in [5, 5.41) is 3.38. The van der Waals surface area contributed by atoms with E-state index in [0.717, 1.165) is 30.5 Å². The van der Waals surface area contributed by atoms with Crippen LogP contribution in [-0.2, 0) is 6.42 Å². The van der Waals surface area contributed by atoms with E-state index in [2.05, 4.69) is 15.3 Å². The van der Waals surface area contributed by atoms with Crippen LogP contribution in [0.1, 0.15) is 51.3 Å². The highest BCUT2D eigenvalue weighted by atomic mass is 15.0. The summed E-state index contributed by atoms with van der Waals surface area (Å²) < 4.78 is 0. The van der Waals surface area contributed by atoms with Gasteiger partial charge in [-0.3, -0.25) is 0 Å². The number of hydrogen-bond acceptors (Lipinski definition) is 4. The monoisotopic (exact) mass is 248 g/mol. The summed E-state index contributed by atoms with van der Waals surface area (Å²) >= 11 is 0. The molecule has 18 heavy (non-hydrogen) atoms. The van der Waals surface area contributed by atoms with Crippen molar-refractivity contribution in [2.75, 3.05) is 17.6 Å². The molecule has 4 heteroatoms. The number of aromatic nitrogens is 2. The number of rotatable bonds is 5. The van der Waals surface area contributed by atoms with Crippen molar-refractivity contribution in [1.82, 2.24) is 9.97 Å². The van der Waals surface area contributed by atoms with Gasteiger partial charge in [-0.05, 0) is 12.3 Å². The van der Waals surface area contributed by atoms with Gasteiger partial charge in [-0.2, -0.15) is 0 Å². The van der Waals surface area contributed by atoms with Gasteiger partial charge >= 0.3 is 0 Å². The summed E-state index contributed by atoms with van der Waals surface area (Å²) in [7, 11) is 0. The molecule has 1 aromatic rings. The van der Waals surface area contributed by atoms with Crippen molar-refractivity contribution in [2.24, 2.45) is 5.92 Å². The van der Waals surface area contributed by atoms with Gasteiger partial charge in [0.1, 0.15) is 17.5 Å². The van der Waals surface area contributed by atoms with Crippen LogP contribution < -0.4 is 11.1 Å². The van der Waals surface area contributed by atoms with Gasteiger partial charge in [0.05, 0.1) is 0 Å². The number of nitrogens with one attached hydrogen (secondary N) is 1. The lowest BCUT2D eigenvalue weighted by molar-refractivity contribution is 0.345. The zero-order valence-corrected chi connectivity index (χ0v) is 11.3. The predicted octanol–water partition coefficient (Wildman–Crippen LogP) is 3.00. The van der Waals surface area contributed by atoms with Crippen LogP contribution in [0.3, 0.4) is 0 Å². The molecule has 0 bridgehead atoms. The molecule has 0 unspecified atom stereocenters. The van der Waals surface area contributed by atoms with Crippen molar-refractivity contribution < 1.29 is 0 Å². The largest absolute Gasteiger partial charge is 0.384 e. The first-order valence-electron chi connectivity index (χ1n) is 7.15. The fraction of sp³-hybridized carbons (Fsp3) is 0.714. The van der Waals surface area contributed by atoms with Crippen LogP contribution in [0, 0.1) is 5.92 Å². The van der Waals surface area contributed by atoms with E-state index in [-0.39, 0.29) is 0 Å². The third-order valence-electron chi connectivity index (χ3n) is 3.69. The lowest BCUT2D eigenvalue weighted by Crippen LogP contribution is -2.13. The summed E-state index contributed by atoms with van der Waals surface area (Å²) in [6, 6.07) is 1.82. The van der Waals surface area contributed by atoms with Crippen LogP contribution >= 0.6 is 0 Å². The molecule has 1 fully saturated rings. The Kier molecular flexibility index (Phi) is 4.79. The second kappa shape index (κ2) is 6.57. The first-order valence-corrected chi connectivity index (χ1v) is 7.15. The van der Waals surface area contributed by atoms with E-state index in [1.165, 1.54) is 38.5 Å². The average Bonchev–Trinajstić information content (AvgIpc) is 2.39. The number of anilines is 2. The molecular weight excluding hydrogens is 224 g/mol. The van der Waals surface area contributed by atoms with Gasteiger partial charge in [0, 0.05) is 19.0 Å². The predicted molar refractivity (Wildman–Crippen MR) is 75.5 cm³/mol. The number of hydrogen-bond donors (Lipinski definition) is 2. The molecular formula is C14H24N4. The molecule has 1 heterocycles. The minimum absolute atomic E-state index is 0.557. The van der Waals surface area contributed by atoms with E-state index in [1.807, 2.05) is 13.0 Å². The Labute approximate surface area is 109 Å². The second-order valence-electron chi connectivity index (χ2n) is 5.17. The zero-order valence-electron chi connectivity index (χ0n) is 11.3. The number of nitrogens with two attached hydrogens (primary N) is 1. The van der Waals surface area contributed by atoms with Gasteiger partial charge in [0.15, 0.2) is 0 Å². The molecule has 100 valence electrons. The van der Waals surface area contributed by atoms with E-state index in [4.69, 9.17) is 5.73 Å². The Balaban J connectivity index is 1.80. The lowest BCUT2D eigenvalue weighted by atomic mass is 9.87. The number of nitrogen functional groups attached to an aromatic ring is 1. The third-order valence-corrected chi connectivity index (χ3v) is 3.69. The molecule has 1 aliphatic rings. The van der Waals surface area contributed by atoms with E-state index in [9.17, 15) is 0 Å². The van der Waals surface area contributed by atoms with E-state index in [1.54, 1.807) is 0 Å². The molecule has 1 saturated carbocycles. The maximum atomic E-state index is 5.76. The summed E-state index contributed by atoms with van der Waals surface area (Å²) in [6.45, 7) is 3.03. The summed E-state index contributed by atoms with van der Waals surface area (Å²) in [4.78, 5) is 8.61. The van der Waals surface area contributed by atoms with Crippen LogP contribution in [0.5, 0.6) is 0 Å². The quantitative estimate of drug-likeness (QED) is 0.840. The van der Waals surface area contributed by atoms with Crippen molar-refractivity contribution >= 4 is 11.6 Å². The normalized spacial score (nSPS) is 16.7. The van der Waals surface area contributed by atoms with Gasteiger partial charge in [-0.25, -0.2) is 9.97 Å². The van der Waals surface area contributed by atoms with Crippen molar-refractivity contribution in [3.63, 3.8) is 0 Å². The molecule has 4 nitrogen and oxygen atoms in total. The summed E-state index contributed by atoms with van der Waals surface area (Å²) in [5.41, 5.74) is 5.76. The molecule has 1 aliphatic carbocycles. The first-order chi connectivity index (χ1) is 8.78. The molecule has 3 N–H and O–H groups in total. The van der Waals surface area contributed by atoms with E-state index < -0.39 is 0 Å². The summed E-state index contributed by atoms with van der Waals surface area (Å²) in [6.07, 6.45) is 9.09. The van der Waals surface area contributed by atoms with Crippen molar-refractivity contribution in [3.8, 4) is 0 Å². The summed E-state index contributed by atoms with van der Waals surface area (Å²) in [5.74, 6) is 3.14. The first kappa shape index (κ1) is 13.1. The Bertz CT molecular complexity index is 372. The lowest BCUT2D eigenvalue weighted by Gasteiger charge is -2.21. The Morgan fingerprint density at radius 1 is 1.28 bits per heavy atom. The zero-order chi connectivity index (χ0) is 12.8. The SMILES string of the molecule is CCc1nc(N)cc(NCCC2CCCCC2)n1. The molecule has 1 aromatic heterocycles. The standard InChI is InChI=1S/C14H24N4/c1-2-13-17-12(15)10-14(18-13)16-9-8-11-6-4-3-5-7-11/h10-11H,2-9H2,1H3,(H3,15,16,17,18). The van der Waals surface area contributed by atoms with Crippen molar-refractivity contribution in [3.05, 3.63) is 11.9 Å². The van der Waals surface area contributed by atoms with Crippen LogP contribution in [0.2, 0.25) is 0 Å². The van der Waals surface area contributed by atoms with E-state index >= 15 is 0 Å². The molecule has 0 amide bonds. The van der Waals surface area contributed by atoms with Gasteiger partial charge < -0.3 is 11.1 Å². The Morgan fingerprint density at radius 3 is 2.78 bits per heavy atom. The minimum atomic E-state index is 0.557.